The number of anilines is 2. The summed E-state index contributed by atoms with van der Waals surface area (Å²) in [4.78, 5) is 17.5. The molecular weight excluding hydrogens is 468 g/mol. The van der Waals surface area contributed by atoms with Crippen LogP contribution in [-0.4, -0.2) is 105 Å². The number of likely N-dealkylation sites (tertiary alicyclic amines) is 1. The van der Waals surface area contributed by atoms with Crippen molar-refractivity contribution in [2.24, 2.45) is 5.92 Å². The van der Waals surface area contributed by atoms with Crippen molar-refractivity contribution in [2.45, 2.75) is 38.3 Å². The van der Waals surface area contributed by atoms with Gasteiger partial charge in [0.25, 0.3) is 0 Å². The number of ether oxygens (including phenoxy) is 2. The van der Waals surface area contributed by atoms with Crippen molar-refractivity contribution in [1.29, 1.82) is 0 Å². The lowest BCUT2D eigenvalue weighted by Crippen LogP contribution is -2.43. The SMILES string of the molecule is COc1cc(CN(C)C[C@@]2(O)CCN(c3cc(N(C)C)ncn3)C2)ccc1OCCN1CCC(C)CC1. The summed E-state index contributed by atoms with van der Waals surface area (Å²) in [5.74, 6) is 4.09. The number of aliphatic hydroxyl groups is 1. The van der Waals surface area contributed by atoms with Crippen molar-refractivity contribution in [1.82, 2.24) is 19.8 Å². The molecule has 0 aliphatic carbocycles. The second-order valence-electron chi connectivity index (χ2n) is 11.1. The van der Waals surface area contributed by atoms with Crippen LogP contribution in [0.25, 0.3) is 0 Å². The molecule has 3 heterocycles. The first-order chi connectivity index (χ1) is 17.7. The van der Waals surface area contributed by atoms with Gasteiger partial charge in [0.2, 0.25) is 0 Å². The van der Waals surface area contributed by atoms with E-state index in [2.05, 4.69) is 37.7 Å². The van der Waals surface area contributed by atoms with Crippen molar-refractivity contribution in [3.63, 3.8) is 0 Å². The number of rotatable bonds is 11. The third kappa shape index (κ3) is 7.46. The Labute approximate surface area is 222 Å². The predicted molar refractivity (Wildman–Crippen MR) is 148 cm³/mol. The molecule has 2 saturated heterocycles. The van der Waals surface area contributed by atoms with Gasteiger partial charge in [-0.25, -0.2) is 9.97 Å². The summed E-state index contributed by atoms with van der Waals surface area (Å²) in [5.41, 5.74) is 0.332. The fraction of sp³-hybridized carbons (Fsp3) is 0.643. The Hall–Kier alpha value is -2.62. The Morgan fingerprint density at radius 1 is 1.08 bits per heavy atom. The highest BCUT2D eigenvalue weighted by Crippen LogP contribution is 2.30. The van der Waals surface area contributed by atoms with Crippen molar-refractivity contribution >= 4 is 11.6 Å². The summed E-state index contributed by atoms with van der Waals surface area (Å²) in [6.07, 6.45) is 4.83. The molecule has 9 heteroatoms. The Kier molecular flexibility index (Phi) is 9.10. The highest BCUT2D eigenvalue weighted by molar-refractivity contribution is 5.50. The van der Waals surface area contributed by atoms with Crippen LogP contribution in [0.5, 0.6) is 11.5 Å². The minimum atomic E-state index is -0.794. The molecule has 1 N–H and O–H groups in total. The molecule has 9 nitrogen and oxygen atoms in total. The number of hydrogen-bond donors (Lipinski definition) is 1. The Balaban J connectivity index is 1.28. The third-order valence-corrected chi connectivity index (χ3v) is 7.54. The standard InChI is InChI=1S/C28H44N6O3/c1-22-8-11-33(12-9-22)14-15-37-24-7-6-23(16-25(24)36-5)18-32(4)19-28(35)10-13-34(20-28)27-17-26(31(2)3)29-21-30-27/h6-7,16-17,21-22,35H,8-15,18-20H2,1-5H3/t28-/m0/s1. The molecule has 1 atom stereocenters. The number of nitrogens with zero attached hydrogens (tertiary/aromatic N) is 6. The van der Waals surface area contributed by atoms with Gasteiger partial charge < -0.3 is 24.4 Å². The summed E-state index contributed by atoms with van der Waals surface area (Å²) in [6.45, 7) is 8.87. The molecule has 0 amide bonds. The van der Waals surface area contributed by atoms with E-state index in [4.69, 9.17) is 9.47 Å². The average Bonchev–Trinajstić information content (AvgIpc) is 3.27. The van der Waals surface area contributed by atoms with Gasteiger partial charge in [-0.05, 0) is 63.0 Å². The second kappa shape index (κ2) is 12.3. The molecule has 1 aromatic heterocycles. The van der Waals surface area contributed by atoms with Gasteiger partial charge in [0.15, 0.2) is 11.5 Å². The molecule has 0 spiro atoms. The summed E-state index contributed by atoms with van der Waals surface area (Å²) in [7, 11) is 7.66. The lowest BCUT2D eigenvalue weighted by Gasteiger charge is -2.30. The molecule has 0 saturated carbocycles. The zero-order chi connectivity index (χ0) is 26.4. The van der Waals surface area contributed by atoms with Crippen molar-refractivity contribution in [2.75, 3.05) is 83.9 Å². The van der Waals surface area contributed by atoms with Gasteiger partial charge in [-0.2, -0.15) is 0 Å². The lowest BCUT2D eigenvalue weighted by atomic mass is 9.99. The maximum Gasteiger partial charge on any atom is 0.161 e. The summed E-state index contributed by atoms with van der Waals surface area (Å²) >= 11 is 0. The maximum absolute atomic E-state index is 11.3. The number of piperidine rings is 1. The van der Waals surface area contributed by atoms with Gasteiger partial charge in [-0.1, -0.05) is 13.0 Å². The Morgan fingerprint density at radius 2 is 1.86 bits per heavy atom. The zero-order valence-corrected chi connectivity index (χ0v) is 23.2. The number of methoxy groups -OCH3 is 1. The highest BCUT2D eigenvalue weighted by atomic mass is 16.5. The molecule has 2 aliphatic heterocycles. The first kappa shape index (κ1) is 27.4. The fourth-order valence-electron chi connectivity index (χ4n) is 5.31. The largest absolute Gasteiger partial charge is 0.493 e. The lowest BCUT2D eigenvalue weighted by molar-refractivity contribution is 0.0279. The maximum atomic E-state index is 11.3. The molecule has 0 radical (unpaired) electrons. The minimum absolute atomic E-state index is 0.549. The van der Waals surface area contributed by atoms with Crippen LogP contribution in [0.15, 0.2) is 30.6 Å². The van der Waals surface area contributed by atoms with E-state index in [9.17, 15) is 5.11 Å². The van der Waals surface area contributed by atoms with Crippen LogP contribution >= 0.6 is 0 Å². The van der Waals surface area contributed by atoms with E-state index in [1.54, 1.807) is 13.4 Å². The molecule has 0 bridgehead atoms. The third-order valence-electron chi connectivity index (χ3n) is 7.54. The van der Waals surface area contributed by atoms with Gasteiger partial charge in [0.05, 0.1) is 12.7 Å². The Bertz CT molecular complexity index is 1010. The van der Waals surface area contributed by atoms with Crippen LogP contribution in [-0.2, 0) is 6.54 Å². The number of hydrogen-bond acceptors (Lipinski definition) is 9. The van der Waals surface area contributed by atoms with Crippen LogP contribution in [0.2, 0.25) is 0 Å². The molecule has 1 aromatic carbocycles. The molecule has 2 aliphatic rings. The van der Waals surface area contributed by atoms with Gasteiger partial charge in [0, 0.05) is 52.9 Å². The number of likely N-dealkylation sites (N-methyl/N-ethyl adjacent to an activating group) is 1. The summed E-state index contributed by atoms with van der Waals surface area (Å²) in [6, 6.07) is 8.11. The van der Waals surface area contributed by atoms with Gasteiger partial charge >= 0.3 is 0 Å². The molecule has 0 unspecified atom stereocenters. The van der Waals surface area contributed by atoms with E-state index in [1.165, 1.54) is 12.8 Å². The van der Waals surface area contributed by atoms with Gasteiger partial charge in [-0.15, -0.1) is 0 Å². The zero-order valence-electron chi connectivity index (χ0n) is 23.2. The van der Waals surface area contributed by atoms with Crippen LogP contribution in [0.4, 0.5) is 11.6 Å². The van der Waals surface area contributed by atoms with Gasteiger partial charge in [0.1, 0.15) is 24.6 Å². The summed E-state index contributed by atoms with van der Waals surface area (Å²) in [5, 5.41) is 11.3. The quantitative estimate of drug-likeness (QED) is 0.489. The minimum Gasteiger partial charge on any atom is -0.493 e. The summed E-state index contributed by atoms with van der Waals surface area (Å²) < 4.78 is 11.7. The van der Waals surface area contributed by atoms with E-state index >= 15 is 0 Å². The highest BCUT2D eigenvalue weighted by Gasteiger charge is 2.37. The number of benzene rings is 1. The second-order valence-corrected chi connectivity index (χ2v) is 11.1. The monoisotopic (exact) mass is 512 g/mol. The number of β-amino-alcohol motifs (C(OH)–C–C–N with tert-alkyl or cyclic N) is 1. The van der Waals surface area contributed by atoms with Crippen LogP contribution < -0.4 is 19.3 Å². The number of aromatic nitrogens is 2. The van der Waals surface area contributed by atoms with Crippen molar-refractivity contribution in [3.05, 3.63) is 36.2 Å². The molecule has 2 aromatic rings. The van der Waals surface area contributed by atoms with Gasteiger partial charge in [-0.3, -0.25) is 9.80 Å². The van der Waals surface area contributed by atoms with E-state index in [1.807, 2.05) is 44.2 Å². The van der Waals surface area contributed by atoms with E-state index in [-0.39, 0.29) is 0 Å². The topological polar surface area (TPSA) is 77.4 Å². The fourth-order valence-corrected chi connectivity index (χ4v) is 5.31. The predicted octanol–water partition coefficient (Wildman–Crippen LogP) is 2.74. The van der Waals surface area contributed by atoms with Crippen LogP contribution in [0, 0.1) is 5.92 Å². The first-order valence-electron chi connectivity index (χ1n) is 13.4. The molecular formula is C28H44N6O3. The molecule has 37 heavy (non-hydrogen) atoms. The average molecular weight is 513 g/mol. The van der Waals surface area contributed by atoms with Crippen molar-refractivity contribution < 1.29 is 14.6 Å². The molecule has 4 rings (SSSR count). The molecule has 2 fully saturated rings. The van der Waals surface area contributed by atoms with E-state index in [0.29, 0.717) is 32.7 Å². The van der Waals surface area contributed by atoms with Crippen LogP contribution in [0.3, 0.4) is 0 Å². The van der Waals surface area contributed by atoms with E-state index in [0.717, 1.165) is 60.8 Å². The van der Waals surface area contributed by atoms with E-state index < -0.39 is 5.60 Å². The van der Waals surface area contributed by atoms with Crippen molar-refractivity contribution in [3.8, 4) is 11.5 Å². The Morgan fingerprint density at radius 3 is 2.59 bits per heavy atom. The van der Waals surface area contributed by atoms with Crippen LogP contribution in [0.1, 0.15) is 31.7 Å². The smallest absolute Gasteiger partial charge is 0.161 e. The normalized spacial score (nSPS) is 21.0. The molecule has 204 valence electrons. The first-order valence-corrected chi connectivity index (χ1v) is 13.4.